The number of halogens is 6. The maximum Gasteiger partial charge on any atom is 0.435 e. The van der Waals surface area contributed by atoms with Crippen LogP contribution in [0.25, 0.3) is 5.69 Å². The molecule has 0 aliphatic carbocycles. The molecule has 0 saturated carbocycles. The molecule has 0 aliphatic heterocycles. The Balaban J connectivity index is 2.42. The highest BCUT2D eigenvalue weighted by atomic mass is 19.4. The predicted molar refractivity (Wildman–Crippen MR) is 77.0 cm³/mol. The van der Waals surface area contributed by atoms with Gasteiger partial charge in [-0.15, -0.1) is 0 Å². The average molecular weight is 363 g/mol. The van der Waals surface area contributed by atoms with Crippen molar-refractivity contribution in [2.24, 2.45) is 0 Å². The largest absolute Gasteiger partial charge is 0.435 e. The number of hydrogen-bond acceptors (Lipinski definition) is 2. The summed E-state index contributed by atoms with van der Waals surface area (Å²) in [7, 11) is 0. The van der Waals surface area contributed by atoms with Crippen molar-refractivity contribution in [1.29, 1.82) is 0 Å². The smallest absolute Gasteiger partial charge is 0.322 e. The lowest BCUT2D eigenvalue weighted by atomic mass is 10.2. The lowest BCUT2D eigenvalue weighted by Crippen LogP contribution is -2.14. The van der Waals surface area contributed by atoms with Crippen LogP contribution in [0.1, 0.15) is 18.3 Å². The molecule has 0 atom stereocenters. The van der Waals surface area contributed by atoms with Crippen LogP contribution in [0.5, 0.6) is 0 Å². The van der Waals surface area contributed by atoms with Crippen LogP contribution in [0.4, 0.5) is 32.0 Å². The second-order valence-electron chi connectivity index (χ2n) is 5.10. The molecule has 1 heterocycles. The summed E-state index contributed by atoms with van der Waals surface area (Å²) in [6, 6.07) is 4.64. The van der Waals surface area contributed by atoms with E-state index in [0.29, 0.717) is 0 Å². The van der Waals surface area contributed by atoms with Crippen LogP contribution in [0.15, 0.2) is 42.5 Å². The number of carbonyl (C=O) groups is 1. The molecule has 0 fully saturated rings. The summed E-state index contributed by atoms with van der Waals surface area (Å²) in [6.45, 7) is 4.88. The molecule has 2 rings (SSSR count). The Labute approximate surface area is 137 Å². The zero-order valence-electron chi connectivity index (χ0n) is 12.7. The minimum atomic E-state index is -5.02. The van der Waals surface area contributed by atoms with E-state index in [-0.39, 0.29) is 27.7 Å². The Morgan fingerprint density at radius 1 is 1.08 bits per heavy atom. The lowest BCUT2D eigenvalue weighted by molar-refractivity contribution is -0.143. The number of carbonyl (C=O) groups excluding carboxylic acids is 1. The van der Waals surface area contributed by atoms with Crippen LogP contribution in [-0.2, 0) is 17.1 Å². The number of nitrogens with zero attached hydrogens (tertiary/aromatic N) is 2. The van der Waals surface area contributed by atoms with Gasteiger partial charge in [-0.25, -0.2) is 4.68 Å². The van der Waals surface area contributed by atoms with Gasteiger partial charge in [0.05, 0.1) is 5.69 Å². The molecule has 0 aliphatic rings. The van der Waals surface area contributed by atoms with Gasteiger partial charge in [0, 0.05) is 17.3 Å². The van der Waals surface area contributed by atoms with Crippen molar-refractivity contribution in [3.8, 4) is 5.69 Å². The molecule has 2 aromatic rings. The maximum atomic E-state index is 13.0. The van der Waals surface area contributed by atoms with Crippen LogP contribution < -0.4 is 5.32 Å². The van der Waals surface area contributed by atoms with Crippen LogP contribution in [-0.4, -0.2) is 15.7 Å². The van der Waals surface area contributed by atoms with Crippen LogP contribution >= 0.6 is 0 Å². The third-order valence-electron chi connectivity index (χ3n) is 3.05. The van der Waals surface area contributed by atoms with Crippen molar-refractivity contribution in [3.63, 3.8) is 0 Å². The number of anilines is 1. The van der Waals surface area contributed by atoms with Gasteiger partial charge in [-0.1, -0.05) is 6.58 Å². The van der Waals surface area contributed by atoms with Gasteiger partial charge in [0.15, 0.2) is 5.69 Å². The van der Waals surface area contributed by atoms with Gasteiger partial charge in [0.1, 0.15) is 5.69 Å². The van der Waals surface area contributed by atoms with E-state index in [9.17, 15) is 31.1 Å². The predicted octanol–water partition coefficient (Wildman–Crippen LogP) is 4.42. The van der Waals surface area contributed by atoms with E-state index in [1.54, 1.807) is 0 Å². The molecule has 0 bridgehead atoms. The standard InChI is InChI=1S/C15H11F6N3O/c1-8(2)13(25)22-9-3-5-10(6-4-9)24-12(15(19,20)21)7-11(23-24)14(16,17)18/h3-7H,1H2,2H3,(H,22,25). The third kappa shape index (κ3) is 4.20. The first-order valence-electron chi connectivity index (χ1n) is 6.71. The summed E-state index contributed by atoms with van der Waals surface area (Å²) in [5, 5.41) is 5.43. The Bertz CT molecular complexity index is 802. The Hall–Kier alpha value is -2.78. The summed E-state index contributed by atoms with van der Waals surface area (Å²) in [5.41, 5.74) is -2.99. The second-order valence-corrected chi connectivity index (χ2v) is 5.10. The second kappa shape index (κ2) is 6.26. The Kier molecular flexibility index (Phi) is 4.65. The van der Waals surface area contributed by atoms with Crippen LogP contribution in [0, 0.1) is 0 Å². The zero-order chi connectivity index (χ0) is 19.0. The molecule has 10 heteroatoms. The van der Waals surface area contributed by atoms with Crippen molar-refractivity contribution in [2.75, 3.05) is 5.32 Å². The van der Waals surface area contributed by atoms with Gasteiger partial charge in [-0.2, -0.15) is 31.4 Å². The van der Waals surface area contributed by atoms with Crippen molar-refractivity contribution in [1.82, 2.24) is 9.78 Å². The first kappa shape index (κ1) is 18.6. The monoisotopic (exact) mass is 363 g/mol. The molecule has 134 valence electrons. The summed E-state index contributed by atoms with van der Waals surface area (Å²) >= 11 is 0. The molecule has 4 nitrogen and oxygen atoms in total. The van der Waals surface area contributed by atoms with E-state index >= 15 is 0 Å². The average Bonchev–Trinajstić information content (AvgIpc) is 2.93. The molecular weight excluding hydrogens is 352 g/mol. The highest BCUT2D eigenvalue weighted by molar-refractivity contribution is 6.02. The van der Waals surface area contributed by atoms with Gasteiger partial charge in [-0.05, 0) is 31.2 Å². The molecule has 0 saturated heterocycles. The first-order chi connectivity index (χ1) is 11.4. The number of aromatic nitrogens is 2. The van der Waals surface area contributed by atoms with Gasteiger partial charge in [-0.3, -0.25) is 4.79 Å². The fraction of sp³-hybridized carbons (Fsp3) is 0.200. The highest BCUT2D eigenvalue weighted by Gasteiger charge is 2.42. The van der Waals surface area contributed by atoms with E-state index in [2.05, 4.69) is 17.0 Å². The molecule has 25 heavy (non-hydrogen) atoms. The number of nitrogens with one attached hydrogen (secondary N) is 1. The summed E-state index contributed by atoms with van der Waals surface area (Å²) in [5.74, 6) is -0.498. The number of rotatable bonds is 3. The quantitative estimate of drug-likeness (QED) is 0.648. The number of amides is 1. The molecular formula is C15H11F6N3O. The van der Waals surface area contributed by atoms with Gasteiger partial charge < -0.3 is 5.32 Å². The molecule has 0 radical (unpaired) electrons. The van der Waals surface area contributed by atoms with Gasteiger partial charge in [0.2, 0.25) is 0 Å². The van der Waals surface area contributed by atoms with E-state index in [0.717, 1.165) is 12.1 Å². The fourth-order valence-corrected chi connectivity index (χ4v) is 1.84. The number of alkyl halides is 6. The molecule has 0 unspecified atom stereocenters. The van der Waals surface area contributed by atoms with Crippen LogP contribution in [0.2, 0.25) is 0 Å². The summed E-state index contributed by atoms with van der Waals surface area (Å²) < 4.78 is 77.1. The normalized spacial score (nSPS) is 12.1. The molecule has 0 spiro atoms. The van der Waals surface area contributed by atoms with Crippen molar-refractivity contribution in [3.05, 3.63) is 53.9 Å². The van der Waals surface area contributed by atoms with Gasteiger partial charge >= 0.3 is 12.4 Å². The highest BCUT2D eigenvalue weighted by Crippen LogP contribution is 2.36. The summed E-state index contributed by atoms with van der Waals surface area (Å²) in [6.07, 6.45) is -10.0. The molecule has 1 aromatic heterocycles. The Morgan fingerprint density at radius 2 is 1.64 bits per heavy atom. The minimum absolute atomic E-state index is 0.0588. The topological polar surface area (TPSA) is 46.9 Å². The van der Waals surface area contributed by atoms with Crippen LogP contribution in [0.3, 0.4) is 0 Å². The van der Waals surface area contributed by atoms with E-state index < -0.39 is 29.6 Å². The first-order valence-corrected chi connectivity index (χ1v) is 6.71. The Morgan fingerprint density at radius 3 is 2.08 bits per heavy atom. The van der Waals surface area contributed by atoms with E-state index in [1.807, 2.05) is 0 Å². The van der Waals surface area contributed by atoms with E-state index in [1.165, 1.54) is 19.1 Å². The van der Waals surface area contributed by atoms with Gasteiger partial charge in [0.25, 0.3) is 5.91 Å². The van der Waals surface area contributed by atoms with Crippen molar-refractivity contribution in [2.45, 2.75) is 19.3 Å². The molecule has 1 amide bonds. The zero-order valence-corrected chi connectivity index (χ0v) is 12.7. The summed E-state index contributed by atoms with van der Waals surface area (Å²) in [4.78, 5) is 11.5. The third-order valence-corrected chi connectivity index (χ3v) is 3.05. The van der Waals surface area contributed by atoms with Crippen molar-refractivity contribution < 1.29 is 31.1 Å². The lowest BCUT2D eigenvalue weighted by Gasteiger charge is -2.11. The maximum absolute atomic E-state index is 13.0. The number of hydrogen-bond donors (Lipinski definition) is 1. The minimum Gasteiger partial charge on any atom is -0.322 e. The van der Waals surface area contributed by atoms with Crippen molar-refractivity contribution >= 4 is 11.6 Å². The van der Waals surface area contributed by atoms with E-state index in [4.69, 9.17) is 0 Å². The SMILES string of the molecule is C=C(C)C(=O)Nc1ccc(-n2nc(C(F)(F)F)cc2C(F)(F)F)cc1. The number of benzene rings is 1. The molecule has 1 N–H and O–H groups in total. The fourth-order valence-electron chi connectivity index (χ4n) is 1.84. The molecule has 1 aromatic carbocycles.